The first kappa shape index (κ1) is 19.5. The summed E-state index contributed by atoms with van der Waals surface area (Å²) in [6.45, 7) is 0. The van der Waals surface area contributed by atoms with Gasteiger partial charge in [-0.15, -0.1) is 0 Å². The number of rotatable bonds is 5. The van der Waals surface area contributed by atoms with E-state index in [1.54, 1.807) is 0 Å². The minimum atomic E-state index is -0.664. The second kappa shape index (κ2) is 8.27. The largest absolute Gasteiger partial charge is 0.377 e. The van der Waals surface area contributed by atoms with Gasteiger partial charge in [-0.25, -0.2) is 0 Å². The normalized spacial score (nSPS) is 11.1. The predicted octanol–water partition coefficient (Wildman–Crippen LogP) is 4.73. The molecule has 4 aromatic rings. The highest BCUT2D eigenvalue weighted by molar-refractivity contribution is 7.80. The van der Waals surface area contributed by atoms with E-state index in [1.165, 1.54) is 38.1 Å². The highest BCUT2D eigenvalue weighted by Gasteiger charge is 2.23. The summed E-state index contributed by atoms with van der Waals surface area (Å²) in [5.41, 5.74) is 2.56. The van der Waals surface area contributed by atoms with Gasteiger partial charge in [0.1, 0.15) is 0 Å². The molecule has 0 bridgehead atoms. The Labute approximate surface area is 175 Å². The number of anilines is 2. The van der Waals surface area contributed by atoms with Crippen molar-refractivity contribution >= 4 is 46.0 Å². The van der Waals surface area contributed by atoms with E-state index in [4.69, 9.17) is 0 Å². The number of nitrogens with zero attached hydrogens (tertiary/aromatic N) is 2. The van der Waals surface area contributed by atoms with Crippen molar-refractivity contribution in [2.75, 3.05) is 38.0 Å². The average Bonchev–Trinajstić information content (AvgIpc) is 2.74. The summed E-state index contributed by atoms with van der Waals surface area (Å²) in [6.07, 6.45) is 0. The molecule has 0 radical (unpaired) electrons. The Morgan fingerprint density at radius 2 is 1.14 bits per heavy atom. The summed E-state index contributed by atoms with van der Waals surface area (Å²) in [6, 6.07) is 33.0. The third kappa shape index (κ3) is 3.73. The monoisotopic (exact) mass is 398 g/mol. The van der Waals surface area contributed by atoms with E-state index in [2.05, 4.69) is 129 Å². The molecule has 0 aliphatic carbocycles. The molecule has 4 rings (SSSR count). The number of benzene rings is 4. The standard InChI is InChI=1S/C26H27N2P/c1-27(2)23-17-11-12-20-18-19-24(26(25(20)23)28(3)4)29(21-13-7-5-8-14-21)22-15-9-6-10-16-22/h5-19H,1-4H3. The van der Waals surface area contributed by atoms with Gasteiger partial charge in [-0.3, -0.25) is 0 Å². The van der Waals surface area contributed by atoms with E-state index in [1.807, 2.05) is 0 Å². The van der Waals surface area contributed by atoms with Crippen molar-refractivity contribution in [1.82, 2.24) is 0 Å². The molecule has 3 heteroatoms. The smallest absolute Gasteiger partial charge is 0.0546 e. The maximum Gasteiger partial charge on any atom is 0.0546 e. The van der Waals surface area contributed by atoms with Crippen LogP contribution in [0.4, 0.5) is 11.4 Å². The Morgan fingerprint density at radius 3 is 1.66 bits per heavy atom. The molecule has 146 valence electrons. The fraction of sp³-hybridized carbons (Fsp3) is 0.154. The zero-order valence-corrected chi connectivity index (χ0v) is 18.4. The molecule has 0 spiro atoms. The summed E-state index contributed by atoms with van der Waals surface area (Å²) in [7, 11) is 7.90. The maximum atomic E-state index is 2.34. The minimum Gasteiger partial charge on any atom is -0.377 e. The molecule has 0 atom stereocenters. The summed E-state index contributed by atoms with van der Waals surface area (Å²) in [4.78, 5) is 4.50. The van der Waals surface area contributed by atoms with Crippen LogP contribution in [0.3, 0.4) is 0 Å². The lowest BCUT2D eigenvalue weighted by Crippen LogP contribution is -2.26. The van der Waals surface area contributed by atoms with Gasteiger partial charge in [0.15, 0.2) is 0 Å². The first-order valence-corrected chi connectivity index (χ1v) is 11.2. The zero-order chi connectivity index (χ0) is 20.4. The molecule has 0 amide bonds. The molecule has 0 heterocycles. The Morgan fingerprint density at radius 1 is 0.552 bits per heavy atom. The van der Waals surface area contributed by atoms with Crippen molar-refractivity contribution in [3.05, 3.63) is 91.0 Å². The van der Waals surface area contributed by atoms with Crippen molar-refractivity contribution in [2.45, 2.75) is 0 Å². The van der Waals surface area contributed by atoms with Crippen LogP contribution in [-0.4, -0.2) is 28.2 Å². The third-order valence-corrected chi connectivity index (χ3v) is 7.65. The van der Waals surface area contributed by atoms with Gasteiger partial charge in [0, 0.05) is 44.6 Å². The minimum absolute atomic E-state index is 0.664. The zero-order valence-electron chi connectivity index (χ0n) is 17.5. The van der Waals surface area contributed by atoms with E-state index in [-0.39, 0.29) is 0 Å². The predicted molar refractivity (Wildman–Crippen MR) is 131 cm³/mol. The van der Waals surface area contributed by atoms with Crippen LogP contribution in [-0.2, 0) is 0 Å². The molecule has 0 saturated heterocycles. The van der Waals surface area contributed by atoms with Crippen LogP contribution in [0, 0.1) is 0 Å². The molecule has 4 aromatic carbocycles. The Bertz CT molecular complexity index is 1070. The van der Waals surface area contributed by atoms with Crippen molar-refractivity contribution in [1.29, 1.82) is 0 Å². The van der Waals surface area contributed by atoms with Crippen molar-refractivity contribution in [2.24, 2.45) is 0 Å². The van der Waals surface area contributed by atoms with Gasteiger partial charge in [-0.05, 0) is 30.0 Å². The molecule has 29 heavy (non-hydrogen) atoms. The first-order valence-electron chi connectivity index (χ1n) is 9.88. The number of hydrogen-bond acceptors (Lipinski definition) is 2. The van der Waals surface area contributed by atoms with Gasteiger partial charge in [0.2, 0.25) is 0 Å². The Hall–Kier alpha value is -2.83. The lowest BCUT2D eigenvalue weighted by molar-refractivity contribution is 1.13. The van der Waals surface area contributed by atoms with Crippen molar-refractivity contribution in [3.63, 3.8) is 0 Å². The van der Waals surface area contributed by atoms with Crippen LogP contribution in [0.1, 0.15) is 0 Å². The number of fused-ring (bicyclic) bond motifs is 1. The van der Waals surface area contributed by atoms with Crippen LogP contribution in [0.25, 0.3) is 10.8 Å². The van der Waals surface area contributed by atoms with E-state index in [9.17, 15) is 0 Å². The van der Waals surface area contributed by atoms with Crippen molar-refractivity contribution in [3.8, 4) is 0 Å². The third-order valence-electron chi connectivity index (χ3n) is 5.17. The summed E-state index contributed by atoms with van der Waals surface area (Å²) in [5, 5.41) is 6.74. The van der Waals surface area contributed by atoms with Crippen LogP contribution < -0.4 is 25.7 Å². The van der Waals surface area contributed by atoms with E-state index >= 15 is 0 Å². The molecule has 0 saturated carbocycles. The van der Waals surface area contributed by atoms with Crippen LogP contribution in [0.5, 0.6) is 0 Å². The molecule has 0 aliphatic heterocycles. The molecule has 0 N–H and O–H groups in total. The van der Waals surface area contributed by atoms with Gasteiger partial charge >= 0.3 is 0 Å². The highest BCUT2D eigenvalue weighted by atomic mass is 31.1. The highest BCUT2D eigenvalue weighted by Crippen LogP contribution is 2.41. The van der Waals surface area contributed by atoms with E-state index in [0.29, 0.717) is 0 Å². The second-order valence-corrected chi connectivity index (χ2v) is 9.79. The molecular weight excluding hydrogens is 371 g/mol. The lowest BCUT2D eigenvalue weighted by atomic mass is 10.1. The van der Waals surface area contributed by atoms with Gasteiger partial charge < -0.3 is 9.80 Å². The lowest BCUT2D eigenvalue weighted by Gasteiger charge is -2.29. The van der Waals surface area contributed by atoms with Crippen LogP contribution in [0.2, 0.25) is 0 Å². The van der Waals surface area contributed by atoms with E-state index < -0.39 is 7.92 Å². The SMILES string of the molecule is CN(C)c1cccc2ccc(P(c3ccccc3)c3ccccc3)c(N(C)C)c12. The van der Waals surface area contributed by atoms with Gasteiger partial charge in [-0.2, -0.15) is 0 Å². The Balaban J connectivity index is 2.07. The van der Waals surface area contributed by atoms with Gasteiger partial charge in [0.05, 0.1) is 5.69 Å². The summed E-state index contributed by atoms with van der Waals surface area (Å²) >= 11 is 0. The number of hydrogen-bond donors (Lipinski definition) is 0. The first-order chi connectivity index (χ1) is 14.1. The maximum absolute atomic E-state index is 2.34. The molecular formula is C26H27N2P. The van der Waals surface area contributed by atoms with Gasteiger partial charge in [-0.1, -0.05) is 84.9 Å². The summed E-state index contributed by atoms with van der Waals surface area (Å²) in [5.74, 6) is 0. The van der Waals surface area contributed by atoms with Crippen LogP contribution in [0.15, 0.2) is 91.0 Å². The molecule has 0 aliphatic rings. The summed E-state index contributed by atoms with van der Waals surface area (Å²) < 4.78 is 0. The molecule has 0 aromatic heterocycles. The topological polar surface area (TPSA) is 6.48 Å². The average molecular weight is 398 g/mol. The second-order valence-electron chi connectivity index (χ2n) is 7.60. The van der Waals surface area contributed by atoms with Crippen molar-refractivity contribution < 1.29 is 0 Å². The van der Waals surface area contributed by atoms with E-state index in [0.717, 1.165) is 0 Å². The van der Waals surface area contributed by atoms with Gasteiger partial charge in [0.25, 0.3) is 0 Å². The van der Waals surface area contributed by atoms with Crippen LogP contribution >= 0.6 is 7.92 Å². The molecule has 2 nitrogen and oxygen atoms in total. The Kier molecular flexibility index (Phi) is 5.56. The quantitative estimate of drug-likeness (QED) is 0.449. The fourth-order valence-corrected chi connectivity index (χ4v) is 6.46. The molecule has 0 fully saturated rings. The fourth-order valence-electron chi connectivity index (χ4n) is 3.92. The molecule has 0 unspecified atom stereocenters.